The molecule has 5 heteroatoms. The Morgan fingerprint density at radius 1 is 1.19 bits per heavy atom. The van der Waals surface area contributed by atoms with Crippen LogP contribution < -0.4 is 0 Å². The van der Waals surface area contributed by atoms with Gasteiger partial charge in [-0.2, -0.15) is 0 Å². The van der Waals surface area contributed by atoms with Crippen molar-refractivity contribution in [1.29, 1.82) is 0 Å². The molecule has 1 saturated heterocycles. The number of nitrogens with zero attached hydrogens (tertiary/aromatic N) is 4. The van der Waals surface area contributed by atoms with Gasteiger partial charge in [0.25, 0.3) is 0 Å². The monoisotopic (exact) mass is 366 g/mol. The first-order chi connectivity index (χ1) is 12.8. The van der Waals surface area contributed by atoms with Gasteiger partial charge in [-0.3, -0.25) is 9.98 Å². The number of amidine groups is 1. The topological polar surface area (TPSA) is 33.4 Å². The number of aliphatic imine (C=N–C) groups is 1. The number of hydrogen-bond acceptors (Lipinski definition) is 4. The van der Waals surface area contributed by atoms with Crippen LogP contribution in [0, 0.1) is 0 Å². The predicted octanol–water partition coefficient (Wildman–Crippen LogP) is 4.98. The molecule has 4 nitrogen and oxygen atoms in total. The fourth-order valence-electron chi connectivity index (χ4n) is 4.74. The maximum absolute atomic E-state index is 5.12. The second-order valence-electron chi connectivity index (χ2n) is 7.67. The van der Waals surface area contributed by atoms with Crippen LogP contribution in [0.25, 0.3) is 0 Å². The van der Waals surface area contributed by atoms with Gasteiger partial charge in [0.15, 0.2) is 5.17 Å². The second-order valence-corrected chi connectivity index (χ2v) is 8.65. The van der Waals surface area contributed by atoms with E-state index >= 15 is 0 Å². The van der Waals surface area contributed by atoms with E-state index in [9.17, 15) is 0 Å². The van der Waals surface area contributed by atoms with E-state index in [1.165, 1.54) is 42.8 Å². The average molecular weight is 367 g/mol. The largest absolute Gasteiger partial charge is 0.351 e. The Hall–Kier alpha value is -1.75. The molecule has 0 radical (unpaired) electrons. The number of aromatic nitrogens is 2. The van der Waals surface area contributed by atoms with Crippen LogP contribution >= 0.6 is 11.8 Å². The third kappa shape index (κ3) is 2.68. The van der Waals surface area contributed by atoms with Crippen LogP contribution in [0.15, 0.2) is 47.8 Å². The number of fused-ring (bicyclic) bond motifs is 1. The quantitative estimate of drug-likeness (QED) is 0.765. The van der Waals surface area contributed by atoms with Gasteiger partial charge in [0.05, 0.1) is 11.7 Å². The molecule has 0 spiro atoms. The number of hydrogen-bond donors (Lipinski definition) is 0. The van der Waals surface area contributed by atoms with Crippen LogP contribution in [0.2, 0.25) is 0 Å². The summed E-state index contributed by atoms with van der Waals surface area (Å²) in [7, 11) is 0. The molecule has 1 aliphatic carbocycles. The number of rotatable bonds is 4. The Kier molecular flexibility index (Phi) is 4.27. The van der Waals surface area contributed by atoms with E-state index in [4.69, 9.17) is 4.99 Å². The third-order valence-corrected chi connectivity index (χ3v) is 7.28. The molecule has 4 heterocycles. The average Bonchev–Trinajstić information content (AvgIpc) is 3.44. The molecule has 0 bridgehead atoms. The van der Waals surface area contributed by atoms with E-state index in [1.54, 1.807) is 0 Å². The molecule has 0 amide bonds. The van der Waals surface area contributed by atoms with E-state index in [1.807, 2.05) is 24.0 Å². The van der Waals surface area contributed by atoms with Gasteiger partial charge in [0.1, 0.15) is 6.04 Å². The van der Waals surface area contributed by atoms with Gasteiger partial charge in [-0.05, 0) is 43.0 Å². The lowest BCUT2D eigenvalue weighted by atomic mass is 9.97. The highest BCUT2D eigenvalue weighted by atomic mass is 32.2. The van der Waals surface area contributed by atoms with E-state index < -0.39 is 0 Å². The fraction of sp³-hybridized carbons (Fsp3) is 0.524. The van der Waals surface area contributed by atoms with Crippen molar-refractivity contribution in [2.24, 2.45) is 4.99 Å². The van der Waals surface area contributed by atoms with Gasteiger partial charge in [-0.15, -0.1) is 0 Å². The summed E-state index contributed by atoms with van der Waals surface area (Å²) >= 11 is 1.92. The van der Waals surface area contributed by atoms with Crippen LogP contribution in [0.1, 0.15) is 68.4 Å². The highest BCUT2D eigenvalue weighted by Gasteiger charge is 2.45. The Labute approximate surface area is 159 Å². The highest BCUT2D eigenvalue weighted by molar-refractivity contribution is 8.14. The maximum atomic E-state index is 5.12. The molecule has 5 rings (SSSR count). The summed E-state index contributed by atoms with van der Waals surface area (Å²) in [5.41, 5.74) is 2.48. The Bertz CT molecular complexity index is 793. The van der Waals surface area contributed by atoms with Crippen molar-refractivity contribution in [2.75, 3.05) is 5.75 Å². The Balaban J connectivity index is 1.52. The highest BCUT2D eigenvalue weighted by Crippen LogP contribution is 2.48. The summed E-state index contributed by atoms with van der Waals surface area (Å²) in [6, 6.07) is 10.2. The molecule has 3 atom stereocenters. The molecular formula is C21H26N4S. The van der Waals surface area contributed by atoms with Crippen molar-refractivity contribution in [3.8, 4) is 0 Å². The van der Waals surface area contributed by atoms with Crippen molar-refractivity contribution >= 4 is 16.9 Å². The maximum Gasteiger partial charge on any atom is 0.160 e. The van der Waals surface area contributed by atoms with Crippen LogP contribution in [-0.2, 0) is 0 Å². The predicted molar refractivity (Wildman–Crippen MR) is 107 cm³/mol. The molecular weight excluding hydrogens is 340 g/mol. The van der Waals surface area contributed by atoms with E-state index in [0.717, 1.165) is 11.4 Å². The molecule has 26 heavy (non-hydrogen) atoms. The summed E-state index contributed by atoms with van der Waals surface area (Å²) < 4.78 is 2.46. The standard InChI is InChI=1S/C21H26N4S/c1-2-16-14-26-21-23-19(18-9-5-6-11-22-18)20(25(16)21)15-10-12-24(13-15)17-7-3-4-8-17/h5-6,9-13,16-17,19-20H,2-4,7-8,14H2,1H3. The molecule has 2 aromatic rings. The molecule has 0 aromatic carbocycles. The molecule has 2 fully saturated rings. The minimum Gasteiger partial charge on any atom is -0.351 e. The zero-order valence-electron chi connectivity index (χ0n) is 15.3. The Morgan fingerprint density at radius 3 is 2.85 bits per heavy atom. The van der Waals surface area contributed by atoms with Gasteiger partial charge < -0.3 is 9.47 Å². The summed E-state index contributed by atoms with van der Waals surface area (Å²) in [6.45, 7) is 2.29. The number of thioether (sulfide) groups is 1. The van der Waals surface area contributed by atoms with Gasteiger partial charge >= 0.3 is 0 Å². The first-order valence-electron chi connectivity index (χ1n) is 9.92. The van der Waals surface area contributed by atoms with Crippen molar-refractivity contribution < 1.29 is 0 Å². The van der Waals surface area contributed by atoms with E-state index in [0.29, 0.717) is 12.1 Å². The van der Waals surface area contributed by atoms with Crippen LogP contribution in [0.3, 0.4) is 0 Å². The van der Waals surface area contributed by atoms with E-state index in [2.05, 4.69) is 52.0 Å². The smallest absolute Gasteiger partial charge is 0.160 e. The minimum atomic E-state index is 0.104. The van der Waals surface area contributed by atoms with Gasteiger partial charge in [0.2, 0.25) is 0 Å². The second kappa shape index (κ2) is 6.76. The summed E-state index contributed by atoms with van der Waals surface area (Å²) in [4.78, 5) is 12.3. The normalized spacial score (nSPS) is 28.6. The van der Waals surface area contributed by atoms with Gasteiger partial charge in [-0.1, -0.05) is 37.6 Å². The molecule has 136 valence electrons. The van der Waals surface area contributed by atoms with Crippen molar-refractivity contribution in [2.45, 2.75) is 63.2 Å². The summed E-state index contributed by atoms with van der Waals surface area (Å²) in [5, 5.41) is 1.21. The Morgan fingerprint density at radius 2 is 2.08 bits per heavy atom. The summed E-state index contributed by atoms with van der Waals surface area (Å²) in [6.07, 6.45) is 13.1. The van der Waals surface area contributed by atoms with Gasteiger partial charge in [0, 0.05) is 36.4 Å². The number of pyridine rings is 1. The van der Waals surface area contributed by atoms with Crippen molar-refractivity contribution in [3.05, 3.63) is 54.1 Å². The first-order valence-corrected chi connectivity index (χ1v) is 10.9. The third-order valence-electron chi connectivity index (χ3n) is 6.15. The zero-order valence-corrected chi connectivity index (χ0v) is 16.1. The van der Waals surface area contributed by atoms with Crippen LogP contribution in [0.4, 0.5) is 0 Å². The lowest BCUT2D eigenvalue weighted by Gasteiger charge is -2.31. The molecule has 3 unspecified atom stereocenters. The van der Waals surface area contributed by atoms with Crippen LogP contribution in [-0.4, -0.2) is 31.4 Å². The molecule has 1 saturated carbocycles. The summed E-state index contributed by atoms with van der Waals surface area (Å²) in [5.74, 6) is 1.16. The first kappa shape index (κ1) is 16.4. The molecule has 3 aliphatic rings. The molecule has 2 aliphatic heterocycles. The van der Waals surface area contributed by atoms with Gasteiger partial charge in [-0.25, -0.2) is 0 Å². The minimum absolute atomic E-state index is 0.104. The lowest BCUT2D eigenvalue weighted by molar-refractivity contribution is 0.255. The molecule has 2 aromatic heterocycles. The zero-order chi connectivity index (χ0) is 17.5. The van der Waals surface area contributed by atoms with E-state index in [-0.39, 0.29) is 12.1 Å². The molecule has 0 N–H and O–H groups in total. The van der Waals surface area contributed by atoms with Crippen molar-refractivity contribution in [1.82, 2.24) is 14.5 Å². The fourth-order valence-corrected chi connectivity index (χ4v) is 6.08. The van der Waals surface area contributed by atoms with Crippen LogP contribution in [0.5, 0.6) is 0 Å². The SMILES string of the molecule is CCC1CSC2=NC(c3ccccn3)C(c3ccn(C4CCCC4)c3)N21. The lowest BCUT2D eigenvalue weighted by Crippen LogP contribution is -2.35. The van der Waals surface area contributed by atoms with Crippen molar-refractivity contribution in [3.63, 3.8) is 0 Å².